The molecule has 1 atom stereocenters. The molecule has 0 aromatic heterocycles. The standard InChI is InChI=1S/C11H12O4/c1-8(7-12)10(15-11(13)14)9-5-3-2-4-6-9/h2-6,10,12H,1,7H2,(H,13,14). The Morgan fingerprint density at radius 1 is 1.40 bits per heavy atom. The van der Waals surface area contributed by atoms with Gasteiger partial charge in [-0.3, -0.25) is 0 Å². The van der Waals surface area contributed by atoms with Crippen LogP contribution in [0.2, 0.25) is 0 Å². The molecular formula is C11H12O4. The van der Waals surface area contributed by atoms with Crippen LogP contribution in [0.25, 0.3) is 0 Å². The molecule has 0 fully saturated rings. The van der Waals surface area contributed by atoms with Crippen LogP contribution in [-0.2, 0) is 4.74 Å². The van der Waals surface area contributed by atoms with Crippen LogP contribution in [0.15, 0.2) is 42.5 Å². The maximum Gasteiger partial charge on any atom is 0.506 e. The van der Waals surface area contributed by atoms with E-state index in [0.29, 0.717) is 11.1 Å². The zero-order chi connectivity index (χ0) is 11.3. The molecule has 4 nitrogen and oxygen atoms in total. The Morgan fingerprint density at radius 3 is 2.47 bits per heavy atom. The quantitative estimate of drug-likeness (QED) is 0.586. The van der Waals surface area contributed by atoms with Crippen molar-refractivity contribution >= 4 is 6.16 Å². The number of hydrogen-bond acceptors (Lipinski definition) is 3. The average molecular weight is 208 g/mol. The summed E-state index contributed by atoms with van der Waals surface area (Å²) in [6.07, 6.45) is -2.20. The van der Waals surface area contributed by atoms with Gasteiger partial charge in [-0.25, -0.2) is 4.79 Å². The smallest absolute Gasteiger partial charge is 0.450 e. The minimum absolute atomic E-state index is 0.309. The summed E-state index contributed by atoms with van der Waals surface area (Å²) in [6.45, 7) is 3.25. The van der Waals surface area contributed by atoms with Crippen molar-refractivity contribution in [1.29, 1.82) is 0 Å². The summed E-state index contributed by atoms with van der Waals surface area (Å²) < 4.78 is 4.65. The number of aliphatic hydroxyl groups is 1. The first-order valence-corrected chi connectivity index (χ1v) is 4.38. The highest BCUT2D eigenvalue weighted by Crippen LogP contribution is 2.24. The van der Waals surface area contributed by atoms with E-state index in [1.54, 1.807) is 24.3 Å². The molecule has 0 aliphatic rings. The molecule has 0 aliphatic carbocycles. The van der Waals surface area contributed by atoms with E-state index in [0.717, 1.165) is 0 Å². The lowest BCUT2D eigenvalue weighted by molar-refractivity contribution is 0.0610. The van der Waals surface area contributed by atoms with Crippen LogP contribution in [-0.4, -0.2) is 23.0 Å². The molecular weight excluding hydrogens is 196 g/mol. The lowest BCUT2D eigenvalue weighted by Gasteiger charge is -2.17. The van der Waals surface area contributed by atoms with Gasteiger partial charge in [-0.15, -0.1) is 0 Å². The average Bonchev–Trinajstić information content (AvgIpc) is 2.26. The van der Waals surface area contributed by atoms with Crippen LogP contribution in [0, 0.1) is 0 Å². The first-order valence-electron chi connectivity index (χ1n) is 4.38. The van der Waals surface area contributed by atoms with Gasteiger partial charge in [0, 0.05) is 0 Å². The summed E-state index contributed by atoms with van der Waals surface area (Å²) in [5, 5.41) is 17.5. The van der Waals surface area contributed by atoms with Crippen LogP contribution in [0.1, 0.15) is 11.7 Å². The summed E-state index contributed by atoms with van der Waals surface area (Å²) in [7, 11) is 0. The summed E-state index contributed by atoms with van der Waals surface area (Å²) in [5.74, 6) is 0. The molecule has 80 valence electrons. The lowest BCUT2D eigenvalue weighted by atomic mass is 10.0. The van der Waals surface area contributed by atoms with E-state index in [1.165, 1.54) is 0 Å². The van der Waals surface area contributed by atoms with Crippen LogP contribution >= 0.6 is 0 Å². The fourth-order valence-corrected chi connectivity index (χ4v) is 1.20. The van der Waals surface area contributed by atoms with E-state index in [9.17, 15) is 4.79 Å². The van der Waals surface area contributed by atoms with Gasteiger partial charge in [0.05, 0.1) is 6.61 Å². The number of carboxylic acid groups (broad SMARTS) is 1. The summed E-state index contributed by atoms with van der Waals surface area (Å²) >= 11 is 0. The normalized spacial score (nSPS) is 11.8. The van der Waals surface area contributed by atoms with Crippen LogP contribution < -0.4 is 0 Å². The highest BCUT2D eigenvalue weighted by Gasteiger charge is 2.18. The Balaban J connectivity index is 2.91. The fourth-order valence-electron chi connectivity index (χ4n) is 1.20. The van der Waals surface area contributed by atoms with Gasteiger partial charge >= 0.3 is 6.16 Å². The summed E-state index contributed by atoms with van der Waals surface area (Å²) in [6, 6.07) is 8.77. The molecule has 0 amide bonds. The summed E-state index contributed by atoms with van der Waals surface area (Å²) in [5.41, 5.74) is 0.961. The van der Waals surface area contributed by atoms with E-state index in [2.05, 4.69) is 11.3 Å². The second kappa shape index (κ2) is 5.17. The second-order valence-corrected chi connectivity index (χ2v) is 2.99. The second-order valence-electron chi connectivity index (χ2n) is 2.99. The zero-order valence-corrected chi connectivity index (χ0v) is 8.09. The van der Waals surface area contributed by atoms with Crippen molar-refractivity contribution in [1.82, 2.24) is 0 Å². The van der Waals surface area contributed by atoms with E-state index in [1.807, 2.05) is 6.07 Å². The van der Waals surface area contributed by atoms with Crippen molar-refractivity contribution in [3.05, 3.63) is 48.0 Å². The van der Waals surface area contributed by atoms with E-state index < -0.39 is 12.3 Å². The topological polar surface area (TPSA) is 66.8 Å². The van der Waals surface area contributed by atoms with Crippen molar-refractivity contribution in [3.8, 4) is 0 Å². The van der Waals surface area contributed by atoms with Gasteiger partial charge in [-0.2, -0.15) is 0 Å². The maximum absolute atomic E-state index is 10.5. The van der Waals surface area contributed by atoms with Crippen molar-refractivity contribution in [2.45, 2.75) is 6.10 Å². The third-order valence-corrected chi connectivity index (χ3v) is 1.89. The first-order chi connectivity index (χ1) is 7.15. The molecule has 0 radical (unpaired) electrons. The van der Waals surface area contributed by atoms with E-state index >= 15 is 0 Å². The van der Waals surface area contributed by atoms with Gasteiger partial charge in [-0.1, -0.05) is 36.9 Å². The number of rotatable bonds is 4. The van der Waals surface area contributed by atoms with E-state index in [4.69, 9.17) is 10.2 Å². The van der Waals surface area contributed by atoms with Crippen molar-refractivity contribution < 1.29 is 19.7 Å². The van der Waals surface area contributed by atoms with Crippen LogP contribution in [0.5, 0.6) is 0 Å². The molecule has 0 aliphatic heterocycles. The Morgan fingerprint density at radius 2 is 2.00 bits per heavy atom. The van der Waals surface area contributed by atoms with Crippen molar-refractivity contribution in [2.24, 2.45) is 0 Å². The van der Waals surface area contributed by atoms with Gasteiger partial charge in [0.25, 0.3) is 0 Å². The van der Waals surface area contributed by atoms with Crippen LogP contribution in [0.4, 0.5) is 4.79 Å². The molecule has 1 aromatic rings. The number of ether oxygens (including phenoxy) is 1. The first kappa shape index (κ1) is 11.3. The molecule has 4 heteroatoms. The largest absolute Gasteiger partial charge is 0.506 e. The molecule has 0 bridgehead atoms. The molecule has 0 spiro atoms. The van der Waals surface area contributed by atoms with Gasteiger partial charge in [-0.05, 0) is 11.1 Å². The molecule has 0 saturated carbocycles. The SMILES string of the molecule is C=C(CO)C(OC(=O)O)c1ccccc1. The monoisotopic (exact) mass is 208 g/mol. The van der Waals surface area contributed by atoms with Crippen molar-refractivity contribution in [3.63, 3.8) is 0 Å². The molecule has 15 heavy (non-hydrogen) atoms. The highest BCUT2D eigenvalue weighted by atomic mass is 16.7. The van der Waals surface area contributed by atoms with Crippen molar-refractivity contribution in [2.75, 3.05) is 6.61 Å². The summed E-state index contributed by atoms with van der Waals surface area (Å²) in [4.78, 5) is 10.5. The number of benzene rings is 1. The minimum atomic E-state index is -1.39. The number of carbonyl (C=O) groups is 1. The van der Waals surface area contributed by atoms with Gasteiger partial charge in [0.1, 0.15) is 0 Å². The van der Waals surface area contributed by atoms with Gasteiger partial charge in [0.2, 0.25) is 0 Å². The van der Waals surface area contributed by atoms with Gasteiger partial charge < -0.3 is 14.9 Å². The molecule has 2 N–H and O–H groups in total. The molecule has 1 unspecified atom stereocenters. The fraction of sp³-hybridized carbons (Fsp3) is 0.182. The molecule has 0 heterocycles. The predicted molar refractivity (Wildman–Crippen MR) is 54.5 cm³/mol. The number of aliphatic hydroxyl groups excluding tert-OH is 1. The predicted octanol–water partition coefficient (Wildman–Crippen LogP) is 1.97. The Bertz CT molecular complexity index is 345. The Labute approximate surface area is 87.4 Å². The third kappa shape index (κ3) is 3.11. The lowest BCUT2D eigenvalue weighted by Crippen LogP contribution is -2.13. The van der Waals surface area contributed by atoms with E-state index in [-0.39, 0.29) is 6.61 Å². The maximum atomic E-state index is 10.5. The van der Waals surface area contributed by atoms with Crippen LogP contribution in [0.3, 0.4) is 0 Å². The molecule has 1 aromatic carbocycles. The number of hydrogen-bond donors (Lipinski definition) is 2. The van der Waals surface area contributed by atoms with Gasteiger partial charge in [0.15, 0.2) is 6.10 Å². The molecule has 1 rings (SSSR count). The zero-order valence-electron chi connectivity index (χ0n) is 8.09. The third-order valence-electron chi connectivity index (χ3n) is 1.89. The minimum Gasteiger partial charge on any atom is -0.450 e. The highest BCUT2D eigenvalue weighted by molar-refractivity contribution is 5.58. The molecule has 0 saturated heterocycles. The Kier molecular flexibility index (Phi) is 3.88. The Hall–Kier alpha value is -1.81.